The Morgan fingerprint density at radius 1 is 1.04 bits per heavy atom. The normalized spacial score (nSPS) is 10.8. The predicted octanol–water partition coefficient (Wildman–Crippen LogP) is 3.81. The minimum Gasteiger partial charge on any atom is -0.497 e. The number of hydrogen-bond acceptors (Lipinski definition) is 5. The summed E-state index contributed by atoms with van der Waals surface area (Å²) in [5, 5.41) is 7.78. The van der Waals surface area contributed by atoms with Gasteiger partial charge in [0.05, 0.1) is 26.5 Å². The Morgan fingerprint density at radius 3 is 2.35 bits per heavy atom. The van der Waals surface area contributed by atoms with Crippen LogP contribution in [0.25, 0.3) is 0 Å². The first-order valence-electron chi connectivity index (χ1n) is 8.14. The molecule has 0 saturated heterocycles. The van der Waals surface area contributed by atoms with E-state index in [0.717, 1.165) is 28.5 Å². The van der Waals surface area contributed by atoms with Crippen LogP contribution in [0.2, 0.25) is 0 Å². The zero-order chi connectivity index (χ0) is 18.9. The molecule has 0 saturated carbocycles. The number of thiocarbonyl (C=S) groups is 1. The highest BCUT2D eigenvalue weighted by atomic mass is 32.1. The Balaban J connectivity index is 2.00. The van der Waals surface area contributed by atoms with E-state index in [2.05, 4.69) is 15.8 Å². The topological polar surface area (TPSA) is 64.1 Å². The van der Waals surface area contributed by atoms with Gasteiger partial charge < -0.3 is 19.5 Å². The van der Waals surface area contributed by atoms with Crippen LogP contribution in [-0.2, 0) is 0 Å². The van der Waals surface area contributed by atoms with Gasteiger partial charge in [-0.1, -0.05) is 0 Å². The van der Waals surface area contributed by atoms with E-state index >= 15 is 0 Å². The van der Waals surface area contributed by atoms with Gasteiger partial charge in [0.1, 0.15) is 17.2 Å². The fraction of sp³-hybridized carbons (Fsp3) is 0.263. The van der Waals surface area contributed by atoms with Gasteiger partial charge in [-0.05, 0) is 62.5 Å². The summed E-state index contributed by atoms with van der Waals surface area (Å²) in [6.07, 6.45) is 0. The molecule has 26 heavy (non-hydrogen) atoms. The lowest BCUT2D eigenvalue weighted by Gasteiger charge is -2.11. The molecule has 0 aromatic heterocycles. The first-order valence-corrected chi connectivity index (χ1v) is 8.54. The lowest BCUT2D eigenvalue weighted by molar-refractivity contribution is 0.340. The third-order valence-electron chi connectivity index (χ3n) is 3.55. The predicted molar refractivity (Wildman–Crippen MR) is 109 cm³/mol. The molecule has 138 valence electrons. The van der Waals surface area contributed by atoms with Crippen LogP contribution in [0.5, 0.6) is 17.2 Å². The van der Waals surface area contributed by atoms with Crippen molar-refractivity contribution in [3.8, 4) is 17.2 Å². The van der Waals surface area contributed by atoms with Crippen molar-refractivity contribution >= 4 is 28.7 Å². The molecule has 0 atom stereocenters. The number of nitrogens with one attached hydrogen (secondary N) is 2. The van der Waals surface area contributed by atoms with Crippen LogP contribution in [0.3, 0.4) is 0 Å². The minimum atomic E-state index is 0.390. The lowest BCUT2D eigenvalue weighted by atomic mass is 10.1. The van der Waals surface area contributed by atoms with Gasteiger partial charge in [-0.3, -0.25) is 5.43 Å². The highest BCUT2D eigenvalue weighted by Crippen LogP contribution is 2.25. The number of anilines is 1. The van der Waals surface area contributed by atoms with Crippen molar-refractivity contribution in [1.29, 1.82) is 0 Å². The molecule has 0 fully saturated rings. The molecular formula is C19H23N3O3S. The van der Waals surface area contributed by atoms with Crippen molar-refractivity contribution in [3.63, 3.8) is 0 Å². The van der Waals surface area contributed by atoms with E-state index in [9.17, 15) is 0 Å². The molecular weight excluding hydrogens is 350 g/mol. The van der Waals surface area contributed by atoms with Crippen molar-refractivity contribution in [2.75, 3.05) is 26.1 Å². The summed E-state index contributed by atoms with van der Waals surface area (Å²) in [6, 6.07) is 13.1. The Bertz CT molecular complexity index is 776. The molecule has 6 nitrogen and oxygen atoms in total. The fourth-order valence-corrected chi connectivity index (χ4v) is 2.42. The van der Waals surface area contributed by atoms with E-state index in [1.807, 2.05) is 56.3 Å². The minimum absolute atomic E-state index is 0.390. The van der Waals surface area contributed by atoms with Crippen LogP contribution in [0.1, 0.15) is 19.4 Å². The molecule has 0 heterocycles. The Kier molecular flexibility index (Phi) is 7.23. The molecule has 0 aliphatic heterocycles. The second-order valence-corrected chi connectivity index (χ2v) is 5.69. The molecule has 0 bridgehead atoms. The summed E-state index contributed by atoms with van der Waals surface area (Å²) in [6.45, 7) is 4.45. The van der Waals surface area contributed by atoms with Crippen LogP contribution in [0, 0.1) is 0 Å². The molecule has 0 aliphatic carbocycles. The number of rotatable bonds is 7. The Labute approximate surface area is 159 Å². The lowest BCUT2D eigenvalue weighted by Crippen LogP contribution is -2.25. The van der Waals surface area contributed by atoms with Crippen molar-refractivity contribution in [2.45, 2.75) is 13.8 Å². The summed E-state index contributed by atoms with van der Waals surface area (Å²) < 4.78 is 16.0. The Morgan fingerprint density at radius 2 is 1.73 bits per heavy atom. The molecule has 0 amide bonds. The number of benzene rings is 2. The van der Waals surface area contributed by atoms with Crippen LogP contribution in [-0.4, -0.2) is 31.7 Å². The van der Waals surface area contributed by atoms with Gasteiger partial charge in [-0.2, -0.15) is 5.10 Å². The standard InChI is InChI=1S/C19H23N3O3S/c1-5-25-15-8-6-14(7-9-15)20-19(26)22-21-13(2)17-11-10-16(23-3)12-18(17)24-4/h6-12H,5H2,1-4H3,(H2,20,22,26). The van der Waals surface area contributed by atoms with E-state index in [1.54, 1.807) is 14.2 Å². The molecule has 0 spiro atoms. The molecule has 2 N–H and O–H groups in total. The van der Waals surface area contributed by atoms with Crippen LogP contribution >= 0.6 is 12.2 Å². The first kappa shape index (κ1) is 19.5. The van der Waals surface area contributed by atoms with E-state index in [0.29, 0.717) is 17.5 Å². The Hall–Kier alpha value is -2.80. The van der Waals surface area contributed by atoms with Crippen LogP contribution in [0.15, 0.2) is 47.6 Å². The zero-order valence-electron chi connectivity index (χ0n) is 15.3. The van der Waals surface area contributed by atoms with Gasteiger partial charge in [-0.15, -0.1) is 0 Å². The van der Waals surface area contributed by atoms with Crippen LogP contribution in [0.4, 0.5) is 5.69 Å². The van der Waals surface area contributed by atoms with E-state index in [4.69, 9.17) is 26.4 Å². The number of hydrogen-bond donors (Lipinski definition) is 2. The summed E-state index contributed by atoms with van der Waals surface area (Å²) in [4.78, 5) is 0. The van der Waals surface area contributed by atoms with E-state index in [-0.39, 0.29) is 0 Å². The largest absolute Gasteiger partial charge is 0.497 e. The maximum absolute atomic E-state index is 5.41. The van der Waals surface area contributed by atoms with Crippen molar-refractivity contribution in [3.05, 3.63) is 48.0 Å². The average molecular weight is 373 g/mol. The molecule has 0 unspecified atom stereocenters. The van der Waals surface area contributed by atoms with Gasteiger partial charge in [0.25, 0.3) is 0 Å². The third-order valence-corrected chi connectivity index (χ3v) is 3.74. The van der Waals surface area contributed by atoms with E-state index < -0.39 is 0 Å². The van der Waals surface area contributed by atoms with Crippen LogP contribution < -0.4 is 25.0 Å². The quantitative estimate of drug-likeness (QED) is 0.437. The van der Waals surface area contributed by atoms with Gasteiger partial charge in [0, 0.05) is 17.3 Å². The van der Waals surface area contributed by atoms with Gasteiger partial charge >= 0.3 is 0 Å². The van der Waals surface area contributed by atoms with E-state index in [1.165, 1.54) is 0 Å². The summed E-state index contributed by atoms with van der Waals surface area (Å²) in [5.74, 6) is 2.22. The smallest absolute Gasteiger partial charge is 0.191 e. The molecule has 2 aromatic rings. The van der Waals surface area contributed by atoms with Crippen molar-refractivity contribution < 1.29 is 14.2 Å². The number of nitrogens with zero attached hydrogens (tertiary/aromatic N) is 1. The van der Waals surface area contributed by atoms with Crippen molar-refractivity contribution in [1.82, 2.24) is 5.43 Å². The fourth-order valence-electron chi connectivity index (χ4n) is 2.25. The highest BCUT2D eigenvalue weighted by Gasteiger charge is 2.08. The second kappa shape index (κ2) is 9.62. The average Bonchev–Trinajstić information content (AvgIpc) is 2.67. The molecule has 0 aliphatic rings. The van der Waals surface area contributed by atoms with Gasteiger partial charge in [0.2, 0.25) is 0 Å². The number of methoxy groups -OCH3 is 2. The monoisotopic (exact) mass is 373 g/mol. The summed E-state index contributed by atoms with van der Waals surface area (Å²) in [7, 11) is 3.22. The molecule has 7 heteroatoms. The number of ether oxygens (including phenoxy) is 3. The SMILES string of the molecule is CCOc1ccc(NC(=S)NN=C(C)c2ccc(OC)cc2OC)cc1. The van der Waals surface area contributed by atoms with Gasteiger partial charge in [-0.25, -0.2) is 0 Å². The first-order chi connectivity index (χ1) is 12.6. The molecule has 2 aromatic carbocycles. The zero-order valence-corrected chi connectivity index (χ0v) is 16.1. The molecule has 2 rings (SSSR count). The maximum Gasteiger partial charge on any atom is 0.191 e. The summed E-state index contributed by atoms with van der Waals surface area (Å²) in [5.41, 5.74) is 5.28. The molecule has 0 radical (unpaired) electrons. The summed E-state index contributed by atoms with van der Waals surface area (Å²) >= 11 is 5.28. The maximum atomic E-state index is 5.41. The van der Waals surface area contributed by atoms with Crippen molar-refractivity contribution in [2.24, 2.45) is 5.10 Å². The van der Waals surface area contributed by atoms with Gasteiger partial charge in [0.15, 0.2) is 5.11 Å². The highest BCUT2D eigenvalue weighted by molar-refractivity contribution is 7.80. The second-order valence-electron chi connectivity index (χ2n) is 5.29. The third kappa shape index (κ3) is 5.35. The number of hydrazone groups is 1.